The molecule has 1 unspecified atom stereocenters. The lowest BCUT2D eigenvalue weighted by atomic mass is 10.1. The van der Waals surface area contributed by atoms with E-state index in [0.29, 0.717) is 38.7 Å². The van der Waals surface area contributed by atoms with Gasteiger partial charge in [0, 0.05) is 20.1 Å². The standard InChI is InChI=1S/C18H27F3N4O2/c1-22-17(23-8-10-27-16-5-3-15(26-2)4-6-16)24-11-14-7-9-25(12-14)13-18(19,20)21/h3-6,14H,7-13H2,1-2H3,(H2,22,23,24). The summed E-state index contributed by atoms with van der Waals surface area (Å²) in [6.45, 7) is 1.69. The molecular formula is C18H27F3N4O2. The molecule has 27 heavy (non-hydrogen) atoms. The summed E-state index contributed by atoms with van der Waals surface area (Å²) in [5.41, 5.74) is 0. The molecule has 1 aliphatic heterocycles. The predicted octanol–water partition coefficient (Wildman–Crippen LogP) is 2.12. The van der Waals surface area contributed by atoms with Crippen LogP contribution in [0.15, 0.2) is 29.3 Å². The van der Waals surface area contributed by atoms with Crippen LogP contribution in [0.1, 0.15) is 6.42 Å². The Morgan fingerprint density at radius 1 is 1.22 bits per heavy atom. The quantitative estimate of drug-likeness (QED) is 0.406. The van der Waals surface area contributed by atoms with Gasteiger partial charge in [-0.3, -0.25) is 9.89 Å². The SMILES string of the molecule is CN=C(NCCOc1ccc(OC)cc1)NCC1CCN(CC(F)(F)F)C1. The number of methoxy groups -OCH3 is 1. The van der Waals surface area contributed by atoms with Gasteiger partial charge in [-0.1, -0.05) is 0 Å². The van der Waals surface area contributed by atoms with Crippen molar-refractivity contribution in [1.29, 1.82) is 0 Å². The Kier molecular flexibility index (Phi) is 8.02. The topological polar surface area (TPSA) is 58.1 Å². The molecule has 0 saturated carbocycles. The number of nitrogens with zero attached hydrogens (tertiary/aromatic N) is 2. The van der Waals surface area contributed by atoms with Crippen molar-refractivity contribution < 1.29 is 22.6 Å². The minimum Gasteiger partial charge on any atom is -0.497 e. The summed E-state index contributed by atoms with van der Waals surface area (Å²) in [5.74, 6) is 2.31. The molecule has 2 rings (SSSR count). The van der Waals surface area contributed by atoms with Crippen LogP contribution < -0.4 is 20.1 Å². The van der Waals surface area contributed by atoms with Crippen LogP contribution in [-0.4, -0.2) is 70.5 Å². The molecule has 6 nitrogen and oxygen atoms in total. The first-order chi connectivity index (χ1) is 12.9. The highest BCUT2D eigenvalue weighted by atomic mass is 19.4. The van der Waals surface area contributed by atoms with Gasteiger partial charge in [0.15, 0.2) is 5.96 Å². The van der Waals surface area contributed by atoms with Crippen LogP contribution in [0, 0.1) is 5.92 Å². The number of hydrogen-bond acceptors (Lipinski definition) is 4. The molecule has 1 saturated heterocycles. The van der Waals surface area contributed by atoms with Crippen LogP contribution >= 0.6 is 0 Å². The Bertz CT molecular complexity index is 593. The van der Waals surface area contributed by atoms with E-state index in [1.807, 2.05) is 24.3 Å². The summed E-state index contributed by atoms with van der Waals surface area (Å²) in [4.78, 5) is 5.57. The zero-order chi connectivity index (χ0) is 19.7. The molecular weight excluding hydrogens is 361 g/mol. The molecule has 0 aromatic heterocycles. The maximum atomic E-state index is 12.4. The second-order valence-electron chi connectivity index (χ2n) is 6.41. The summed E-state index contributed by atoms with van der Waals surface area (Å²) in [6.07, 6.45) is -3.38. The molecule has 1 aromatic rings. The molecule has 1 aliphatic rings. The summed E-state index contributed by atoms with van der Waals surface area (Å²) >= 11 is 0. The number of hydrogen-bond donors (Lipinski definition) is 2. The normalized spacial score (nSPS) is 18.4. The highest BCUT2D eigenvalue weighted by Gasteiger charge is 2.34. The maximum Gasteiger partial charge on any atom is 0.401 e. The molecule has 1 heterocycles. The third kappa shape index (κ3) is 7.94. The lowest BCUT2D eigenvalue weighted by Gasteiger charge is -2.18. The van der Waals surface area contributed by atoms with Crippen molar-refractivity contribution in [2.24, 2.45) is 10.9 Å². The van der Waals surface area contributed by atoms with Gasteiger partial charge >= 0.3 is 6.18 Å². The van der Waals surface area contributed by atoms with Crippen molar-refractivity contribution in [3.8, 4) is 11.5 Å². The lowest BCUT2D eigenvalue weighted by Crippen LogP contribution is -2.42. The smallest absolute Gasteiger partial charge is 0.401 e. The van der Waals surface area contributed by atoms with Gasteiger partial charge in [0.25, 0.3) is 0 Å². The van der Waals surface area contributed by atoms with E-state index in [0.717, 1.165) is 17.9 Å². The van der Waals surface area contributed by atoms with Gasteiger partial charge in [0.2, 0.25) is 0 Å². The zero-order valence-electron chi connectivity index (χ0n) is 15.7. The van der Waals surface area contributed by atoms with Crippen LogP contribution in [0.25, 0.3) is 0 Å². The van der Waals surface area contributed by atoms with Crippen molar-refractivity contribution in [2.45, 2.75) is 12.6 Å². The number of alkyl halides is 3. The minimum atomic E-state index is -4.14. The average molecular weight is 388 g/mol. The van der Waals surface area contributed by atoms with Crippen LogP contribution in [0.2, 0.25) is 0 Å². The predicted molar refractivity (Wildman–Crippen MR) is 98.5 cm³/mol. The summed E-state index contributed by atoms with van der Waals surface area (Å²) in [7, 11) is 3.27. The number of aliphatic imine (C=N–C) groups is 1. The fraction of sp³-hybridized carbons (Fsp3) is 0.611. The minimum absolute atomic E-state index is 0.182. The van der Waals surface area contributed by atoms with Gasteiger partial charge in [-0.2, -0.15) is 13.2 Å². The van der Waals surface area contributed by atoms with Crippen molar-refractivity contribution in [1.82, 2.24) is 15.5 Å². The van der Waals surface area contributed by atoms with Gasteiger partial charge in [0.05, 0.1) is 20.2 Å². The van der Waals surface area contributed by atoms with E-state index >= 15 is 0 Å². The van der Waals surface area contributed by atoms with Gasteiger partial charge in [-0.05, 0) is 43.1 Å². The highest BCUT2D eigenvalue weighted by Crippen LogP contribution is 2.22. The van der Waals surface area contributed by atoms with Crippen LogP contribution in [-0.2, 0) is 0 Å². The lowest BCUT2D eigenvalue weighted by molar-refractivity contribution is -0.143. The van der Waals surface area contributed by atoms with E-state index in [1.54, 1.807) is 14.2 Å². The maximum absolute atomic E-state index is 12.4. The number of benzene rings is 1. The summed E-state index contributed by atoms with van der Waals surface area (Å²) in [5, 5.41) is 6.30. The van der Waals surface area contributed by atoms with E-state index < -0.39 is 12.7 Å². The Labute approximate surface area is 157 Å². The van der Waals surface area contributed by atoms with Gasteiger partial charge in [-0.15, -0.1) is 0 Å². The Hall–Kier alpha value is -2.16. The Morgan fingerprint density at radius 2 is 1.93 bits per heavy atom. The molecule has 9 heteroatoms. The van der Waals surface area contributed by atoms with Crippen LogP contribution in [0.3, 0.4) is 0 Å². The van der Waals surface area contributed by atoms with Gasteiger partial charge in [-0.25, -0.2) is 0 Å². The number of nitrogens with one attached hydrogen (secondary N) is 2. The fourth-order valence-corrected chi connectivity index (χ4v) is 2.95. The van der Waals surface area contributed by atoms with Gasteiger partial charge < -0.3 is 20.1 Å². The van der Waals surface area contributed by atoms with Crippen LogP contribution in [0.5, 0.6) is 11.5 Å². The molecule has 152 valence electrons. The van der Waals surface area contributed by atoms with Crippen LogP contribution in [0.4, 0.5) is 13.2 Å². The fourth-order valence-electron chi connectivity index (χ4n) is 2.95. The van der Waals surface area contributed by atoms with E-state index in [9.17, 15) is 13.2 Å². The van der Waals surface area contributed by atoms with E-state index in [2.05, 4.69) is 15.6 Å². The van der Waals surface area contributed by atoms with Crippen molar-refractivity contribution in [3.05, 3.63) is 24.3 Å². The molecule has 0 bridgehead atoms. The monoisotopic (exact) mass is 388 g/mol. The first-order valence-electron chi connectivity index (χ1n) is 8.90. The summed E-state index contributed by atoms with van der Waals surface area (Å²) < 4.78 is 48.0. The Morgan fingerprint density at radius 3 is 2.56 bits per heavy atom. The molecule has 1 fully saturated rings. The second-order valence-corrected chi connectivity index (χ2v) is 6.41. The molecule has 0 radical (unpaired) electrons. The second kappa shape index (κ2) is 10.2. The number of likely N-dealkylation sites (tertiary alicyclic amines) is 1. The van der Waals surface area contributed by atoms with Crippen molar-refractivity contribution in [3.63, 3.8) is 0 Å². The summed E-state index contributed by atoms with van der Waals surface area (Å²) in [6, 6.07) is 7.32. The molecule has 2 N–H and O–H groups in total. The molecule has 0 aliphatic carbocycles. The molecule has 0 amide bonds. The van der Waals surface area contributed by atoms with E-state index in [-0.39, 0.29) is 5.92 Å². The highest BCUT2D eigenvalue weighted by molar-refractivity contribution is 5.79. The zero-order valence-corrected chi connectivity index (χ0v) is 15.7. The van der Waals surface area contributed by atoms with Gasteiger partial charge in [0.1, 0.15) is 18.1 Å². The number of halogens is 3. The van der Waals surface area contributed by atoms with E-state index in [4.69, 9.17) is 9.47 Å². The largest absolute Gasteiger partial charge is 0.497 e. The van der Waals surface area contributed by atoms with E-state index in [1.165, 1.54) is 4.90 Å². The third-order valence-corrected chi connectivity index (χ3v) is 4.28. The molecule has 1 atom stereocenters. The van der Waals surface area contributed by atoms with Crippen molar-refractivity contribution >= 4 is 5.96 Å². The first-order valence-corrected chi connectivity index (χ1v) is 8.90. The van der Waals surface area contributed by atoms with Crippen molar-refractivity contribution in [2.75, 3.05) is 53.5 Å². The molecule has 0 spiro atoms. The number of rotatable bonds is 8. The average Bonchev–Trinajstić information content (AvgIpc) is 3.07. The third-order valence-electron chi connectivity index (χ3n) is 4.28. The molecule has 1 aromatic carbocycles. The number of guanidine groups is 1. The first kappa shape index (κ1) is 21.1. The Balaban J connectivity index is 1.61. The number of ether oxygens (including phenoxy) is 2.